The first-order valence-electron chi connectivity index (χ1n) is 7.84. The summed E-state index contributed by atoms with van der Waals surface area (Å²) < 4.78 is 5.21. The molecular formula is C17H20Cl2N2O2. The molecule has 0 saturated heterocycles. The molecule has 1 saturated carbocycles. The van der Waals surface area contributed by atoms with Gasteiger partial charge < -0.3 is 15.0 Å². The fraction of sp³-hybridized carbons (Fsp3) is 0.471. The SMILES string of the molecule is COCC1CCC(NC(=O)c2cc3c(Cl)cc(Cl)cc3[nH]2)CC1. The van der Waals surface area contributed by atoms with Crippen LogP contribution in [0.2, 0.25) is 10.0 Å². The second kappa shape index (κ2) is 7.12. The lowest BCUT2D eigenvalue weighted by atomic mass is 9.86. The smallest absolute Gasteiger partial charge is 0.267 e. The van der Waals surface area contributed by atoms with Crippen molar-refractivity contribution in [1.82, 2.24) is 10.3 Å². The highest BCUT2D eigenvalue weighted by atomic mass is 35.5. The molecule has 1 aliphatic carbocycles. The number of nitrogens with one attached hydrogen (secondary N) is 2. The lowest BCUT2D eigenvalue weighted by Gasteiger charge is -2.28. The largest absolute Gasteiger partial charge is 0.384 e. The van der Waals surface area contributed by atoms with Crippen LogP contribution in [0.1, 0.15) is 36.2 Å². The molecule has 23 heavy (non-hydrogen) atoms. The fourth-order valence-corrected chi connectivity index (χ4v) is 3.80. The van der Waals surface area contributed by atoms with Crippen molar-refractivity contribution in [1.29, 1.82) is 0 Å². The Hall–Kier alpha value is -1.23. The lowest BCUT2D eigenvalue weighted by molar-refractivity contribution is 0.0894. The average Bonchev–Trinajstić information content (AvgIpc) is 2.94. The molecule has 6 heteroatoms. The third-order valence-electron chi connectivity index (χ3n) is 4.48. The molecule has 2 aromatic rings. The van der Waals surface area contributed by atoms with Gasteiger partial charge in [0.05, 0.1) is 5.02 Å². The normalized spacial score (nSPS) is 21.5. The first-order chi connectivity index (χ1) is 11.1. The minimum Gasteiger partial charge on any atom is -0.384 e. The van der Waals surface area contributed by atoms with Crippen LogP contribution in [-0.4, -0.2) is 30.6 Å². The Morgan fingerprint density at radius 2 is 2.00 bits per heavy atom. The number of ether oxygens (including phenoxy) is 1. The molecule has 1 fully saturated rings. The number of amides is 1. The lowest BCUT2D eigenvalue weighted by Crippen LogP contribution is -2.38. The van der Waals surface area contributed by atoms with Gasteiger partial charge in [0.15, 0.2) is 0 Å². The predicted octanol–water partition coefficient (Wildman–Crippen LogP) is 4.41. The molecule has 1 aliphatic rings. The monoisotopic (exact) mass is 354 g/mol. The summed E-state index contributed by atoms with van der Waals surface area (Å²) in [5, 5.41) is 5.01. The van der Waals surface area contributed by atoms with E-state index in [1.54, 1.807) is 25.3 Å². The van der Waals surface area contributed by atoms with Gasteiger partial charge in [-0.2, -0.15) is 0 Å². The van der Waals surface area contributed by atoms with Gasteiger partial charge in [-0.1, -0.05) is 23.2 Å². The van der Waals surface area contributed by atoms with E-state index in [1.165, 1.54) is 0 Å². The van der Waals surface area contributed by atoms with Crippen molar-refractivity contribution < 1.29 is 9.53 Å². The summed E-state index contributed by atoms with van der Waals surface area (Å²) in [4.78, 5) is 15.5. The number of hydrogen-bond donors (Lipinski definition) is 2. The molecule has 1 aromatic carbocycles. The highest BCUT2D eigenvalue weighted by Gasteiger charge is 2.23. The van der Waals surface area contributed by atoms with E-state index >= 15 is 0 Å². The molecule has 2 N–H and O–H groups in total. The molecule has 0 aliphatic heterocycles. The van der Waals surface area contributed by atoms with Crippen LogP contribution in [0.5, 0.6) is 0 Å². The number of carbonyl (C=O) groups excluding carboxylic acids is 1. The number of methoxy groups -OCH3 is 1. The summed E-state index contributed by atoms with van der Waals surface area (Å²) in [6.07, 6.45) is 4.17. The molecule has 1 amide bonds. The predicted molar refractivity (Wildman–Crippen MR) is 93.4 cm³/mol. The maximum absolute atomic E-state index is 12.4. The number of aromatic nitrogens is 1. The van der Waals surface area contributed by atoms with E-state index in [0.29, 0.717) is 21.7 Å². The van der Waals surface area contributed by atoms with Crippen LogP contribution in [0, 0.1) is 5.92 Å². The van der Waals surface area contributed by atoms with Gasteiger partial charge in [0.25, 0.3) is 5.91 Å². The van der Waals surface area contributed by atoms with Crippen LogP contribution in [-0.2, 0) is 4.74 Å². The Balaban J connectivity index is 1.66. The maximum atomic E-state index is 12.4. The second-order valence-electron chi connectivity index (χ2n) is 6.18. The summed E-state index contributed by atoms with van der Waals surface area (Å²) in [5.41, 5.74) is 1.29. The van der Waals surface area contributed by atoms with Gasteiger partial charge in [0, 0.05) is 35.7 Å². The van der Waals surface area contributed by atoms with Crippen LogP contribution in [0.15, 0.2) is 18.2 Å². The molecule has 1 aromatic heterocycles. The molecule has 0 unspecified atom stereocenters. The molecule has 3 rings (SSSR count). The number of benzene rings is 1. The highest BCUT2D eigenvalue weighted by molar-refractivity contribution is 6.38. The van der Waals surface area contributed by atoms with Crippen LogP contribution in [0.25, 0.3) is 10.9 Å². The highest BCUT2D eigenvalue weighted by Crippen LogP contribution is 2.29. The van der Waals surface area contributed by atoms with Gasteiger partial charge in [0.1, 0.15) is 5.69 Å². The molecule has 0 atom stereocenters. The molecule has 0 radical (unpaired) electrons. The summed E-state index contributed by atoms with van der Waals surface area (Å²) in [5.74, 6) is 0.519. The van der Waals surface area contributed by atoms with Gasteiger partial charge >= 0.3 is 0 Å². The molecule has 4 nitrogen and oxygen atoms in total. The van der Waals surface area contributed by atoms with E-state index in [-0.39, 0.29) is 11.9 Å². The van der Waals surface area contributed by atoms with E-state index < -0.39 is 0 Å². The van der Waals surface area contributed by atoms with Crippen molar-refractivity contribution in [3.8, 4) is 0 Å². The third-order valence-corrected chi connectivity index (χ3v) is 5.01. The van der Waals surface area contributed by atoms with Crippen LogP contribution >= 0.6 is 23.2 Å². The van der Waals surface area contributed by atoms with Crippen LogP contribution in [0.4, 0.5) is 0 Å². The number of hydrogen-bond acceptors (Lipinski definition) is 2. The Morgan fingerprint density at radius 3 is 2.70 bits per heavy atom. The summed E-state index contributed by atoms with van der Waals surface area (Å²) in [7, 11) is 1.74. The minimum absolute atomic E-state index is 0.0939. The van der Waals surface area contributed by atoms with Crippen molar-refractivity contribution >= 4 is 40.0 Å². The van der Waals surface area contributed by atoms with Gasteiger partial charge in [0.2, 0.25) is 0 Å². The minimum atomic E-state index is -0.0939. The summed E-state index contributed by atoms with van der Waals surface area (Å²) in [6.45, 7) is 0.807. The van der Waals surface area contributed by atoms with Crippen molar-refractivity contribution in [2.75, 3.05) is 13.7 Å². The van der Waals surface area contributed by atoms with Crippen molar-refractivity contribution in [2.45, 2.75) is 31.7 Å². The zero-order valence-electron chi connectivity index (χ0n) is 13.0. The molecular weight excluding hydrogens is 335 g/mol. The Kier molecular flexibility index (Phi) is 5.14. The third kappa shape index (κ3) is 3.82. The first kappa shape index (κ1) is 16.6. The summed E-state index contributed by atoms with van der Waals surface area (Å²) >= 11 is 12.2. The topological polar surface area (TPSA) is 54.1 Å². The van der Waals surface area contributed by atoms with E-state index in [0.717, 1.165) is 43.2 Å². The van der Waals surface area contributed by atoms with Gasteiger partial charge in [-0.05, 0) is 49.8 Å². The molecule has 124 valence electrons. The Labute approximate surface area is 145 Å². The number of fused-ring (bicyclic) bond motifs is 1. The van der Waals surface area contributed by atoms with E-state index in [1.807, 2.05) is 0 Å². The Morgan fingerprint density at radius 1 is 1.26 bits per heavy atom. The zero-order chi connectivity index (χ0) is 16.4. The molecule has 1 heterocycles. The van der Waals surface area contributed by atoms with E-state index in [9.17, 15) is 4.79 Å². The van der Waals surface area contributed by atoms with Crippen LogP contribution < -0.4 is 5.32 Å². The van der Waals surface area contributed by atoms with Crippen molar-refractivity contribution in [2.24, 2.45) is 5.92 Å². The van der Waals surface area contributed by atoms with Crippen molar-refractivity contribution in [3.63, 3.8) is 0 Å². The van der Waals surface area contributed by atoms with E-state index in [4.69, 9.17) is 27.9 Å². The number of carbonyl (C=O) groups is 1. The zero-order valence-corrected chi connectivity index (χ0v) is 14.5. The first-order valence-corrected chi connectivity index (χ1v) is 8.60. The quantitative estimate of drug-likeness (QED) is 0.854. The Bertz CT molecular complexity index is 706. The second-order valence-corrected chi connectivity index (χ2v) is 7.02. The average molecular weight is 355 g/mol. The van der Waals surface area contributed by atoms with E-state index in [2.05, 4.69) is 10.3 Å². The van der Waals surface area contributed by atoms with Gasteiger partial charge in [-0.15, -0.1) is 0 Å². The number of rotatable bonds is 4. The fourth-order valence-electron chi connectivity index (χ4n) is 3.26. The molecule has 0 bridgehead atoms. The van der Waals surface area contributed by atoms with Gasteiger partial charge in [-0.3, -0.25) is 4.79 Å². The van der Waals surface area contributed by atoms with Crippen LogP contribution in [0.3, 0.4) is 0 Å². The maximum Gasteiger partial charge on any atom is 0.267 e. The number of halogens is 2. The van der Waals surface area contributed by atoms with Crippen molar-refractivity contribution in [3.05, 3.63) is 33.9 Å². The molecule has 0 spiro atoms. The standard InChI is InChI=1S/C17H20Cl2N2O2/c1-23-9-10-2-4-12(5-3-10)20-17(22)16-8-13-14(19)6-11(18)7-15(13)21-16/h6-8,10,12,21H,2-5,9H2,1H3,(H,20,22). The van der Waals surface area contributed by atoms with Gasteiger partial charge in [-0.25, -0.2) is 0 Å². The number of H-pyrrole nitrogens is 1. The summed E-state index contributed by atoms with van der Waals surface area (Å²) in [6, 6.07) is 5.45. The number of aromatic amines is 1.